The molecule has 0 saturated carbocycles. The molecule has 42 valence electrons. The minimum atomic E-state index is -1.43. The van der Waals surface area contributed by atoms with E-state index in [4.69, 9.17) is 29.7 Å². The Balaban J connectivity index is 3.64. The predicted molar refractivity (Wildman–Crippen MR) is 27.7 cm³/mol. The Kier molecular flexibility index (Phi) is 2.30. The summed E-state index contributed by atoms with van der Waals surface area (Å²) in [5, 5.41) is 8.00. The summed E-state index contributed by atoms with van der Waals surface area (Å²) in [6.07, 6.45) is -1.43. The van der Waals surface area contributed by atoms with Crippen molar-refractivity contribution in [3.05, 3.63) is 0 Å². The molecule has 0 spiro atoms. The summed E-state index contributed by atoms with van der Waals surface area (Å²) >= 11 is 10.0. The summed E-state index contributed by atoms with van der Waals surface area (Å²) in [5.41, 5.74) is 0. The van der Waals surface area contributed by atoms with Gasteiger partial charge in [0.2, 0.25) is 0 Å². The van der Waals surface area contributed by atoms with Gasteiger partial charge in [0.25, 0.3) is 0 Å². The predicted octanol–water partition coefficient (Wildman–Crippen LogP) is 1.26. The topological polar surface area (TPSA) is 37.3 Å². The molecule has 4 heteroatoms. The van der Waals surface area contributed by atoms with Gasteiger partial charge in [-0.05, 0) is 0 Å². The van der Waals surface area contributed by atoms with Gasteiger partial charge in [-0.15, -0.1) is 23.2 Å². The van der Waals surface area contributed by atoms with E-state index < -0.39 is 17.2 Å². The molecule has 0 aromatic rings. The Hall–Kier alpha value is 0.0500. The molecule has 0 fully saturated rings. The first-order valence-electron chi connectivity index (χ1n) is 2.06. The lowest BCUT2D eigenvalue weighted by molar-refractivity contribution is -0.136. The molecule has 0 aliphatic carbocycles. The molecule has 0 amide bonds. The van der Waals surface area contributed by atoms with Gasteiger partial charge in [0, 0.05) is 1.37 Å². The first-order chi connectivity index (χ1) is 3.55. The van der Waals surface area contributed by atoms with Gasteiger partial charge < -0.3 is 5.11 Å². The van der Waals surface area contributed by atoms with E-state index in [-0.39, 0.29) is 0 Å². The standard InChI is InChI=1S/C3H4Cl2O2/c4-2(5)1-3(6)7/h2H,1H2,(H,6,7)/i1D. The van der Waals surface area contributed by atoms with E-state index in [1.807, 2.05) is 0 Å². The van der Waals surface area contributed by atoms with Crippen molar-refractivity contribution in [2.75, 3.05) is 0 Å². The Bertz CT molecular complexity index is 95.3. The van der Waals surface area contributed by atoms with E-state index in [9.17, 15) is 4.79 Å². The summed E-state index contributed by atoms with van der Waals surface area (Å²) in [7, 11) is 0. The van der Waals surface area contributed by atoms with E-state index in [1.54, 1.807) is 0 Å². The molecule has 0 aromatic heterocycles. The molecule has 0 aliphatic heterocycles. The molecule has 0 bridgehead atoms. The van der Waals surface area contributed by atoms with Crippen molar-refractivity contribution >= 4 is 29.2 Å². The Labute approximate surface area is 52.4 Å². The third-order valence-electron chi connectivity index (χ3n) is 0.269. The Morgan fingerprint density at radius 2 is 2.43 bits per heavy atom. The zero-order valence-electron chi connectivity index (χ0n) is 4.27. The van der Waals surface area contributed by atoms with Gasteiger partial charge in [-0.25, -0.2) is 0 Å². The number of aliphatic carboxylic acids is 1. The van der Waals surface area contributed by atoms with Gasteiger partial charge in [-0.1, -0.05) is 0 Å². The SMILES string of the molecule is [2H]C(C(=O)O)C(Cl)Cl. The van der Waals surface area contributed by atoms with Crippen molar-refractivity contribution < 1.29 is 11.3 Å². The van der Waals surface area contributed by atoms with Gasteiger partial charge >= 0.3 is 5.97 Å². The number of carboxylic acid groups (broad SMARTS) is 1. The Morgan fingerprint density at radius 3 is 2.43 bits per heavy atom. The van der Waals surface area contributed by atoms with Crippen LogP contribution in [0.2, 0.25) is 0 Å². The first-order valence-corrected chi connectivity index (χ1v) is 2.36. The number of hydrogen-bond donors (Lipinski definition) is 1. The third-order valence-corrected chi connectivity index (χ3v) is 0.521. The van der Waals surface area contributed by atoms with Crippen molar-refractivity contribution in [2.45, 2.75) is 11.2 Å². The van der Waals surface area contributed by atoms with Crippen LogP contribution in [0.1, 0.15) is 7.77 Å². The largest absolute Gasteiger partial charge is 0.481 e. The molecular weight excluding hydrogens is 139 g/mol. The number of halogens is 2. The molecule has 1 atom stereocenters. The van der Waals surface area contributed by atoms with Crippen LogP contribution in [0.4, 0.5) is 0 Å². The Morgan fingerprint density at radius 1 is 2.00 bits per heavy atom. The highest BCUT2D eigenvalue weighted by Crippen LogP contribution is 2.05. The number of rotatable bonds is 2. The average molecular weight is 144 g/mol. The second-order valence-electron chi connectivity index (χ2n) is 0.839. The second-order valence-corrected chi connectivity index (χ2v) is 2.00. The number of carbonyl (C=O) groups is 1. The maximum absolute atomic E-state index is 9.78. The fourth-order valence-corrected chi connectivity index (χ4v) is 0.323. The van der Waals surface area contributed by atoms with E-state index in [0.717, 1.165) is 0 Å². The van der Waals surface area contributed by atoms with Crippen LogP contribution in [-0.2, 0) is 4.79 Å². The highest BCUT2D eigenvalue weighted by atomic mass is 35.5. The van der Waals surface area contributed by atoms with Crippen LogP contribution < -0.4 is 0 Å². The van der Waals surface area contributed by atoms with Crippen LogP contribution in [0.25, 0.3) is 0 Å². The second kappa shape index (κ2) is 3.10. The molecule has 7 heavy (non-hydrogen) atoms. The van der Waals surface area contributed by atoms with E-state index >= 15 is 0 Å². The van der Waals surface area contributed by atoms with Crippen LogP contribution in [0, 0.1) is 0 Å². The van der Waals surface area contributed by atoms with Crippen molar-refractivity contribution in [2.24, 2.45) is 0 Å². The van der Waals surface area contributed by atoms with E-state index in [1.165, 1.54) is 0 Å². The van der Waals surface area contributed by atoms with Crippen molar-refractivity contribution in [1.82, 2.24) is 0 Å². The van der Waals surface area contributed by atoms with Crippen LogP contribution >= 0.6 is 23.2 Å². The normalized spacial score (nSPS) is 16.1. The van der Waals surface area contributed by atoms with Crippen LogP contribution in [0.3, 0.4) is 0 Å². The van der Waals surface area contributed by atoms with Crippen LogP contribution in [-0.4, -0.2) is 15.9 Å². The molecule has 0 rings (SSSR count). The molecule has 2 nitrogen and oxygen atoms in total. The summed E-state index contributed by atoms with van der Waals surface area (Å²) in [4.78, 5) is 8.64. The first kappa shape index (κ1) is 5.19. The zero-order chi connectivity index (χ0) is 6.73. The lowest BCUT2D eigenvalue weighted by atomic mass is 10.5. The van der Waals surface area contributed by atoms with Gasteiger partial charge in [-0.3, -0.25) is 4.79 Å². The number of carboxylic acids is 1. The van der Waals surface area contributed by atoms with Crippen molar-refractivity contribution in [3.8, 4) is 0 Å². The molecule has 0 aromatic carbocycles. The van der Waals surface area contributed by atoms with Crippen LogP contribution in [0.15, 0.2) is 0 Å². The molecule has 0 radical (unpaired) electrons. The summed E-state index contributed by atoms with van der Waals surface area (Å²) in [5.74, 6) is -1.31. The van der Waals surface area contributed by atoms with E-state index in [2.05, 4.69) is 0 Å². The summed E-state index contributed by atoms with van der Waals surface area (Å²) < 4.78 is 6.62. The monoisotopic (exact) mass is 143 g/mol. The molecule has 0 heterocycles. The lowest BCUT2D eigenvalue weighted by Crippen LogP contribution is -1.99. The third kappa shape index (κ3) is 6.05. The quantitative estimate of drug-likeness (QED) is 0.592. The average Bonchev–Trinajstić information content (AvgIpc) is 1.64. The van der Waals surface area contributed by atoms with Gasteiger partial charge in [-0.2, -0.15) is 0 Å². The molecule has 1 N–H and O–H groups in total. The smallest absolute Gasteiger partial charge is 0.306 e. The highest BCUT2D eigenvalue weighted by molar-refractivity contribution is 6.44. The molecule has 0 saturated heterocycles. The van der Waals surface area contributed by atoms with E-state index in [0.29, 0.717) is 0 Å². The molecule has 0 aliphatic rings. The van der Waals surface area contributed by atoms with Crippen molar-refractivity contribution in [1.29, 1.82) is 0 Å². The van der Waals surface area contributed by atoms with Crippen LogP contribution in [0.5, 0.6) is 0 Å². The van der Waals surface area contributed by atoms with Gasteiger partial charge in [0.1, 0.15) is 4.84 Å². The fourth-order valence-electron chi connectivity index (χ4n) is 0.108. The number of hydrogen-bond acceptors (Lipinski definition) is 1. The number of alkyl halides is 2. The zero-order valence-corrected chi connectivity index (χ0v) is 4.78. The van der Waals surface area contributed by atoms with Gasteiger partial charge in [0.15, 0.2) is 0 Å². The van der Waals surface area contributed by atoms with Crippen molar-refractivity contribution in [3.63, 3.8) is 0 Å². The lowest BCUT2D eigenvalue weighted by Gasteiger charge is -1.89. The minimum absolute atomic E-state index is 1.15. The fraction of sp³-hybridized carbons (Fsp3) is 0.667. The molecule has 1 unspecified atom stereocenters. The minimum Gasteiger partial charge on any atom is -0.481 e. The molecular formula is C3H4Cl2O2. The highest BCUT2D eigenvalue weighted by Gasteiger charge is 2.03. The summed E-state index contributed by atoms with van der Waals surface area (Å²) in [6.45, 7) is 0. The van der Waals surface area contributed by atoms with Gasteiger partial charge in [0.05, 0.1) is 6.40 Å². The summed E-state index contributed by atoms with van der Waals surface area (Å²) in [6, 6.07) is 0. The maximum Gasteiger partial charge on any atom is 0.306 e. The maximum atomic E-state index is 9.78.